The van der Waals surface area contributed by atoms with E-state index in [9.17, 15) is 13.2 Å². The molecule has 0 saturated carbocycles. The summed E-state index contributed by atoms with van der Waals surface area (Å²) in [6.07, 6.45) is 0. The molecule has 1 amide bonds. The first kappa shape index (κ1) is 21.2. The highest BCUT2D eigenvalue weighted by molar-refractivity contribution is 7.92. The number of para-hydroxylation sites is 2. The van der Waals surface area contributed by atoms with Crippen LogP contribution in [0.15, 0.2) is 77.7 Å². The van der Waals surface area contributed by atoms with Crippen molar-refractivity contribution in [2.75, 3.05) is 16.2 Å². The number of carbonyl (C=O) groups is 1. The van der Waals surface area contributed by atoms with E-state index >= 15 is 0 Å². The molecule has 3 rings (SSSR count). The van der Waals surface area contributed by atoms with Crippen LogP contribution in [0.3, 0.4) is 0 Å². The summed E-state index contributed by atoms with van der Waals surface area (Å²) >= 11 is 12.2. The minimum atomic E-state index is -3.98. The predicted molar refractivity (Wildman–Crippen MR) is 117 cm³/mol. The average Bonchev–Trinajstić information content (AvgIpc) is 2.70. The average molecular weight is 449 g/mol. The van der Waals surface area contributed by atoms with Gasteiger partial charge in [-0.15, -0.1) is 0 Å². The fraction of sp³-hybridized carbons (Fsp3) is 0.0952. The number of nitrogens with one attached hydrogen (secondary N) is 1. The summed E-state index contributed by atoms with van der Waals surface area (Å²) in [5.41, 5.74) is 1.37. The number of amides is 1. The van der Waals surface area contributed by atoms with E-state index in [0.29, 0.717) is 5.69 Å². The number of hydrogen-bond acceptors (Lipinski definition) is 3. The van der Waals surface area contributed by atoms with Crippen LogP contribution in [0.1, 0.15) is 5.56 Å². The summed E-state index contributed by atoms with van der Waals surface area (Å²) < 4.78 is 27.7. The number of rotatable bonds is 6. The molecular weight excluding hydrogens is 431 g/mol. The van der Waals surface area contributed by atoms with Gasteiger partial charge in [-0.05, 0) is 42.8 Å². The number of benzene rings is 3. The van der Waals surface area contributed by atoms with Crippen molar-refractivity contribution in [3.05, 3.63) is 88.4 Å². The maximum atomic E-state index is 13.3. The lowest BCUT2D eigenvalue weighted by Crippen LogP contribution is -2.38. The van der Waals surface area contributed by atoms with Crippen molar-refractivity contribution < 1.29 is 13.2 Å². The highest BCUT2D eigenvalue weighted by Crippen LogP contribution is 2.31. The van der Waals surface area contributed by atoms with Gasteiger partial charge in [0.25, 0.3) is 10.0 Å². The third-order valence-corrected chi connectivity index (χ3v) is 6.63. The van der Waals surface area contributed by atoms with E-state index in [2.05, 4.69) is 5.32 Å². The zero-order valence-corrected chi connectivity index (χ0v) is 17.8. The summed E-state index contributed by atoms with van der Waals surface area (Å²) in [5, 5.41) is 3.14. The SMILES string of the molecule is Cc1ccccc1N(CC(=O)Nc1c(Cl)cccc1Cl)S(=O)(=O)c1ccccc1. The molecule has 5 nitrogen and oxygen atoms in total. The maximum absolute atomic E-state index is 13.3. The van der Waals surface area contributed by atoms with Crippen LogP contribution in [0.4, 0.5) is 11.4 Å². The molecule has 0 aliphatic carbocycles. The Labute approximate surface area is 179 Å². The molecule has 0 aromatic heterocycles. The third kappa shape index (κ3) is 4.72. The van der Waals surface area contributed by atoms with Crippen LogP contribution in [0.25, 0.3) is 0 Å². The van der Waals surface area contributed by atoms with Crippen LogP contribution in [-0.4, -0.2) is 20.9 Å². The normalized spacial score (nSPS) is 11.1. The maximum Gasteiger partial charge on any atom is 0.264 e. The molecule has 0 aliphatic rings. The van der Waals surface area contributed by atoms with Crippen molar-refractivity contribution in [2.45, 2.75) is 11.8 Å². The van der Waals surface area contributed by atoms with Crippen molar-refractivity contribution >= 4 is 50.5 Å². The van der Waals surface area contributed by atoms with Crippen molar-refractivity contribution in [1.29, 1.82) is 0 Å². The standard InChI is InChI=1S/C21H18Cl2N2O3S/c1-15-8-5-6-13-19(15)25(29(27,28)16-9-3-2-4-10-16)14-20(26)24-21-17(22)11-7-12-18(21)23/h2-13H,14H2,1H3,(H,24,26). The highest BCUT2D eigenvalue weighted by atomic mass is 35.5. The molecule has 3 aromatic rings. The minimum absolute atomic E-state index is 0.0897. The fourth-order valence-electron chi connectivity index (χ4n) is 2.79. The van der Waals surface area contributed by atoms with Gasteiger partial charge in [-0.2, -0.15) is 0 Å². The molecule has 0 atom stereocenters. The first-order chi connectivity index (χ1) is 13.8. The minimum Gasteiger partial charge on any atom is -0.322 e. The Bertz CT molecular complexity index is 1120. The lowest BCUT2D eigenvalue weighted by Gasteiger charge is -2.25. The van der Waals surface area contributed by atoms with Gasteiger partial charge in [0.05, 0.1) is 26.3 Å². The van der Waals surface area contributed by atoms with Crippen LogP contribution in [0.5, 0.6) is 0 Å². The number of sulfonamides is 1. The Morgan fingerprint density at radius 3 is 2.10 bits per heavy atom. The molecule has 0 bridgehead atoms. The number of aryl methyl sites for hydroxylation is 1. The number of anilines is 2. The van der Waals surface area contributed by atoms with E-state index in [1.807, 2.05) is 0 Å². The molecule has 0 radical (unpaired) electrons. The second-order valence-electron chi connectivity index (χ2n) is 6.26. The van der Waals surface area contributed by atoms with Crippen LogP contribution in [0.2, 0.25) is 10.0 Å². The third-order valence-electron chi connectivity index (χ3n) is 4.23. The number of carbonyl (C=O) groups excluding carboxylic acids is 1. The second-order valence-corrected chi connectivity index (χ2v) is 8.93. The van der Waals surface area contributed by atoms with E-state index in [4.69, 9.17) is 23.2 Å². The summed E-state index contributed by atoms with van der Waals surface area (Å²) in [4.78, 5) is 12.8. The van der Waals surface area contributed by atoms with Crippen molar-refractivity contribution in [1.82, 2.24) is 0 Å². The highest BCUT2D eigenvalue weighted by Gasteiger charge is 2.28. The van der Waals surface area contributed by atoms with E-state index in [-0.39, 0.29) is 20.6 Å². The Morgan fingerprint density at radius 1 is 0.897 bits per heavy atom. The largest absolute Gasteiger partial charge is 0.322 e. The summed E-state index contributed by atoms with van der Waals surface area (Å²) in [7, 11) is -3.98. The first-order valence-electron chi connectivity index (χ1n) is 8.68. The summed E-state index contributed by atoms with van der Waals surface area (Å²) in [5.74, 6) is -0.567. The van der Waals surface area contributed by atoms with Crippen molar-refractivity contribution in [2.24, 2.45) is 0 Å². The Balaban J connectivity index is 1.98. The molecule has 29 heavy (non-hydrogen) atoms. The Hall–Kier alpha value is -2.54. The molecule has 0 aliphatic heterocycles. The fourth-order valence-corrected chi connectivity index (χ4v) is 4.79. The Kier molecular flexibility index (Phi) is 6.47. The van der Waals surface area contributed by atoms with Gasteiger partial charge >= 0.3 is 0 Å². The van der Waals surface area contributed by atoms with E-state index in [1.54, 1.807) is 67.6 Å². The molecular formula is C21H18Cl2N2O3S. The molecule has 0 unspecified atom stereocenters. The van der Waals surface area contributed by atoms with Crippen LogP contribution < -0.4 is 9.62 Å². The Morgan fingerprint density at radius 2 is 1.48 bits per heavy atom. The van der Waals surface area contributed by atoms with Crippen molar-refractivity contribution in [3.63, 3.8) is 0 Å². The van der Waals surface area contributed by atoms with Gasteiger partial charge in [0.15, 0.2) is 0 Å². The second kappa shape index (κ2) is 8.86. The van der Waals surface area contributed by atoms with Gasteiger partial charge < -0.3 is 5.32 Å². The molecule has 1 N–H and O–H groups in total. The van der Waals surface area contributed by atoms with Gasteiger partial charge in [-0.1, -0.05) is 65.7 Å². The zero-order valence-electron chi connectivity index (χ0n) is 15.5. The van der Waals surface area contributed by atoms with Gasteiger partial charge in [-0.3, -0.25) is 9.10 Å². The molecule has 150 valence electrons. The molecule has 0 heterocycles. The van der Waals surface area contributed by atoms with Crippen LogP contribution >= 0.6 is 23.2 Å². The quantitative estimate of drug-likeness (QED) is 0.567. The molecule has 8 heteroatoms. The molecule has 0 fully saturated rings. The van der Waals surface area contributed by atoms with E-state index in [0.717, 1.165) is 9.87 Å². The summed E-state index contributed by atoms with van der Waals surface area (Å²) in [6.45, 7) is 1.34. The van der Waals surface area contributed by atoms with Gasteiger partial charge in [0.2, 0.25) is 5.91 Å². The smallest absolute Gasteiger partial charge is 0.264 e. The van der Waals surface area contributed by atoms with Crippen LogP contribution in [-0.2, 0) is 14.8 Å². The van der Waals surface area contributed by atoms with E-state index < -0.39 is 22.5 Å². The number of halogens is 2. The monoisotopic (exact) mass is 448 g/mol. The molecule has 0 saturated heterocycles. The zero-order chi connectivity index (χ0) is 21.0. The topological polar surface area (TPSA) is 66.5 Å². The lowest BCUT2D eigenvalue weighted by molar-refractivity contribution is -0.114. The van der Waals surface area contributed by atoms with Gasteiger partial charge in [0.1, 0.15) is 6.54 Å². The lowest BCUT2D eigenvalue weighted by atomic mass is 10.2. The van der Waals surface area contributed by atoms with Crippen LogP contribution in [0, 0.1) is 6.92 Å². The van der Waals surface area contributed by atoms with E-state index in [1.165, 1.54) is 12.1 Å². The molecule has 3 aromatic carbocycles. The van der Waals surface area contributed by atoms with Gasteiger partial charge in [0, 0.05) is 0 Å². The first-order valence-corrected chi connectivity index (χ1v) is 10.9. The number of nitrogens with zero attached hydrogens (tertiary/aromatic N) is 1. The van der Waals surface area contributed by atoms with Crippen molar-refractivity contribution in [3.8, 4) is 0 Å². The summed E-state index contributed by atoms with van der Waals surface area (Å²) in [6, 6.07) is 19.8. The number of hydrogen-bond donors (Lipinski definition) is 1. The van der Waals surface area contributed by atoms with Gasteiger partial charge in [-0.25, -0.2) is 8.42 Å². The molecule has 0 spiro atoms. The predicted octanol–water partition coefficient (Wildman–Crippen LogP) is 5.14.